The van der Waals surface area contributed by atoms with E-state index >= 15 is 0 Å². The molecule has 1 unspecified atom stereocenters. The number of hydrogen-bond donors (Lipinski definition) is 2. The molecule has 1 aromatic rings. The number of carbonyl (C=O) groups excluding carboxylic acids is 2. The van der Waals surface area contributed by atoms with Crippen molar-refractivity contribution in [2.24, 2.45) is 4.99 Å². The summed E-state index contributed by atoms with van der Waals surface area (Å²) in [5.41, 5.74) is 1.35. The summed E-state index contributed by atoms with van der Waals surface area (Å²) in [5, 5.41) is 12.4. The Hall–Kier alpha value is -2.32. The molecule has 1 atom stereocenters. The van der Waals surface area contributed by atoms with Crippen LogP contribution in [-0.2, 0) is 20.9 Å². The molecule has 0 bridgehead atoms. The first kappa shape index (κ1) is 16.5. The highest BCUT2D eigenvalue weighted by Gasteiger charge is 2.39. The lowest BCUT2D eigenvalue weighted by Gasteiger charge is -2.28. The van der Waals surface area contributed by atoms with Crippen LogP contribution in [0.2, 0.25) is 5.02 Å². The molecule has 1 aromatic carbocycles. The smallest absolute Gasteiger partial charge is 0.302 e. The second kappa shape index (κ2) is 6.66. The van der Waals surface area contributed by atoms with E-state index in [1.165, 1.54) is 6.92 Å². The molecule has 0 aromatic heterocycles. The van der Waals surface area contributed by atoms with Crippen molar-refractivity contribution in [1.29, 1.82) is 0 Å². The number of benzene rings is 1. The Morgan fingerprint density at radius 3 is 3.00 bits per heavy atom. The Labute approximate surface area is 143 Å². The summed E-state index contributed by atoms with van der Waals surface area (Å²) in [6, 6.07) is 2.74. The summed E-state index contributed by atoms with van der Waals surface area (Å²) < 4.78 is 10.3. The third kappa shape index (κ3) is 3.02. The van der Waals surface area contributed by atoms with Crippen LogP contribution >= 0.6 is 11.6 Å². The van der Waals surface area contributed by atoms with Crippen LogP contribution in [0, 0.1) is 0 Å². The average Bonchev–Trinajstić information content (AvgIpc) is 2.85. The van der Waals surface area contributed by atoms with Crippen molar-refractivity contribution in [2.75, 3.05) is 19.8 Å². The molecule has 0 aliphatic carbocycles. The molecule has 9 heteroatoms. The maximum absolute atomic E-state index is 11.8. The fourth-order valence-corrected chi connectivity index (χ4v) is 2.86. The molecule has 2 N–H and O–H groups in total. The minimum Gasteiger partial charge on any atom is -0.488 e. The number of fused-ring (bicyclic) bond motifs is 2. The van der Waals surface area contributed by atoms with Crippen LogP contribution in [0.15, 0.2) is 17.1 Å². The van der Waals surface area contributed by atoms with Gasteiger partial charge in [-0.05, 0) is 12.1 Å². The van der Waals surface area contributed by atoms with E-state index in [-0.39, 0.29) is 31.7 Å². The third-order valence-electron chi connectivity index (χ3n) is 3.74. The van der Waals surface area contributed by atoms with Crippen molar-refractivity contribution in [3.8, 4) is 5.75 Å². The summed E-state index contributed by atoms with van der Waals surface area (Å²) >= 11 is 6.39. The molecule has 1 amide bonds. The largest absolute Gasteiger partial charge is 0.488 e. The number of aliphatic hydroxyl groups excluding tert-OH is 1. The summed E-state index contributed by atoms with van der Waals surface area (Å²) in [6.45, 7) is 1.65. The number of ether oxygens (including phenoxy) is 2. The summed E-state index contributed by atoms with van der Waals surface area (Å²) in [6.07, 6.45) is 0. The fourth-order valence-electron chi connectivity index (χ4n) is 2.59. The number of halogens is 1. The maximum Gasteiger partial charge on any atom is 0.302 e. The third-order valence-corrected chi connectivity index (χ3v) is 4.16. The predicted octanol–water partition coefficient (Wildman–Crippen LogP) is 0.576. The number of amides is 1. The molecule has 1 fully saturated rings. The SMILES string of the molecule is CC(=O)OCCOc1ccc2c(c1Cl)CN1C(=N2)NC(=O)C1CO. The number of esters is 1. The Kier molecular flexibility index (Phi) is 4.59. The molecule has 2 heterocycles. The predicted molar refractivity (Wildman–Crippen MR) is 85.2 cm³/mol. The zero-order chi connectivity index (χ0) is 17.3. The monoisotopic (exact) mass is 353 g/mol. The van der Waals surface area contributed by atoms with Gasteiger partial charge in [-0.3, -0.25) is 14.9 Å². The number of nitrogens with zero attached hydrogens (tertiary/aromatic N) is 2. The summed E-state index contributed by atoms with van der Waals surface area (Å²) in [5.74, 6) is 0.183. The van der Waals surface area contributed by atoms with Crippen LogP contribution < -0.4 is 10.1 Å². The highest BCUT2D eigenvalue weighted by Crippen LogP contribution is 2.39. The van der Waals surface area contributed by atoms with Crippen LogP contribution in [0.3, 0.4) is 0 Å². The quantitative estimate of drug-likeness (QED) is 0.593. The minimum atomic E-state index is -0.679. The van der Waals surface area contributed by atoms with E-state index in [2.05, 4.69) is 10.3 Å². The maximum atomic E-state index is 11.8. The first-order valence-electron chi connectivity index (χ1n) is 7.36. The van der Waals surface area contributed by atoms with Crippen molar-refractivity contribution in [3.63, 3.8) is 0 Å². The van der Waals surface area contributed by atoms with Crippen molar-refractivity contribution < 1.29 is 24.2 Å². The Morgan fingerprint density at radius 2 is 2.29 bits per heavy atom. The van der Waals surface area contributed by atoms with Crippen LogP contribution in [0.1, 0.15) is 12.5 Å². The number of nitrogens with one attached hydrogen (secondary N) is 1. The van der Waals surface area contributed by atoms with Crippen molar-refractivity contribution in [3.05, 3.63) is 22.7 Å². The van der Waals surface area contributed by atoms with Crippen molar-refractivity contribution >= 4 is 35.1 Å². The van der Waals surface area contributed by atoms with E-state index in [4.69, 9.17) is 21.1 Å². The number of hydrogen-bond acceptors (Lipinski definition) is 7. The zero-order valence-corrected chi connectivity index (χ0v) is 13.7. The molecule has 2 aliphatic heterocycles. The van der Waals surface area contributed by atoms with Crippen molar-refractivity contribution in [1.82, 2.24) is 10.2 Å². The van der Waals surface area contributed by atoms with Crippen LogP contribution in [0.5, 0.6) is 5.75 Å². The number of aliphatic hydroxyl groups is 1. The molecule has 1 saturated heterocycles. The van der Waals surface area contributed by atoms with Crippen LogP contribution in [0.25, 0.3) is 0 Å². The van der Waals surface area contributed by atoms with Gasteiger partial charge in [0.2, 0.25) is 5.96 Å². The van der Waals surface area contributed by atoms with Crippen LogP contribution in [0.4, 0.5) is 5.69 Å². The van der Waals surface area contributed by atoms with E-state index in [9.17, 15) is 14.7 Å². The standard InChI is InChI=1S/C15H16ClN3O5/c1-8(21)23-4-5-24-12-3-2-10-9(13(12)16)6-19-11(7-20)14(22)18-15(19)17-10/h2-3,11,20H,4-7H2,1H3,(H,17,18,22). The average molecular weight is 354 g/mol. The highest BCUT2D eigenvalue weighted by atomic mass is 35.5. The van der Waals surface area contributed by atoms with Gasteiger partial charge in [-0.25, -0.2) is 4.99 Å². The first-order valence-corrected chi connectivity index (χ1v) is 7.73. The number of rotatable bonds is 5. The Bertz CT molecular complexity index is 721. The molecule has 8 nitrogen and oxygen atoms in total. The highest BCUT2D eigenvalue weighted by molar-refractivity contribution is 6.33. The Morgan fingerprint density at radius 1 is 1.50 bits per heavy atom. The van der Waals surface area contributed by atoms with Gasteiger partial charge >= 0.3 is 5.97 Å². The van der Waals surface area contributed by atoms with Gasteiger partial charge in [-0.1, -0.05) is 11.6 Å². The molecule has 128 valence electrons. The normalized spacial score (nSPS) is 18.5. The van der Waals surface area contributed by atoms with Gasteiger partial charge in [-0.15, -0.1) is 0 Å². The van der Waals surface area contributed by atoms with Gasteiger partial charge in [0.25, 0.3) is 5.91 Å². The minimum absolute atomic E-state index is 0.127. The number of aliphatic imine (C=N–C) groups is 1. The van der Waals surface area contributed by atoms with E-state index in [1.807, 2.05) is 0 Å². The number of guanidine groups is 1. The zero-order valence-electron chi connectivity index (χ0n) is 12.9. The molecular formula is C15H16ClN3O5. The van der Waals surface area contributed by atoms with E-state index in [0.29, 0.717) is 34.5 Å². The van der Waals surface area contributed by atoms with Gasteiger partial charge in [-0.2, -0.15) is 0 Å². The second-order valence-corrected chi connectivity index (χ2v) is 5.69. The van der Waals surface area contributed by atoms with Gasteiger partial charge in [0.15, 0.2) is 0 Å². The molecule has 3 rings (SSSR count). The molecule has 0 radical (unpaired) electrons. The van der Waals surface area contributed by atoms with Crippen LogP contribution in [-0.4, -0.2) is 53.7 Å². The molecule has 0 spiro atoms. The van der Waals surface area contributed by atoms with Gasteiger partial charge in [0.1, 0.15) is 25.0 Å². The summed E-state index contributed by atoms with van der Waals surface area (Å²) in [4.78, 5) is 28.6. The van der Waals surface area contributed by atoms with Gasteiger partial charge < -0.3 is 19.5 Å². The van der Waals surface area contributed by atoms with E-state index < -0.39 is 6.04 Å². The lowest BCUT2D eigenvalue weighted by Crippen LogP contribution is -2.39. The lowest BCUT2D eigenvalue weighted by molar-refractivity contribution is -0.141. The summed E-state index contributed by atoms with van der Waals surface area (Å²) in [7, 11) is 0. The lowest BCUT2D eigenvalue weighted by atomic mass is 10.1. The topological polar surface area (TPSA) is 100 Å². The van der Waals surface area contributed by atoms with E-state index in [0.717, 1.165) is 0 Å². The molecular weight excluding hydrogens is 338 g/mol. The van der Waals surface area contributed by atoms with Gasteiger partial charge in [0.05, 0.1) is 23.9 Å². The van der Waals surface area contributed by atoms with Crippen molar-refractivity contribution in [2.45, 2.75) is 19.5 Å². The Balaban J connectivity index is 1.78. The molecule has 2 aliphatic rings. The fraction of sp³-hybridized carbons (Fsp3) is 0.400. The number of carbonyl (C=O) groups is 2. The first-order chi connectivity index (χ1) is 11.5. The van der Waals surface area contributed by atoms with Gasteiger partial charge in [0, 0.05) is 12.5 Å². The molecule has 0 saturated carbocycles. The molecule has 24 heavy (non-hydrogen) atoms. The van der Waals surface area contributed by atoms with E-state index in [1.54, 1.807) is 17.0 Å². The second-order valence-electron chi connectivity index (χ2n) is 5.31.